The van der Waals surface area contributed by atoms with E-state index in [0.717, 1.165) is 16.1 Å². The molecule has 3 aromatic rings. The zero-order valence-electron chi connectivity index (χ0n) is 17.3. The molecule has 6 nitrogen and oxygen atoms in total. The molecule has 0 radical (unpaired) electrons. The highest BCUT2D eigenvalue weighted by molar-refractivity contribution is 7.13. The normalized spacial score (nSPS) is 10.7. The first-order valence-electron chi connectivity index (χ1n) is 9.82. The predicted molar refractivity (Wildman–Crippen MR) is 119 cm³/mol. The van der Waals surface area contributed by atoms with Crippen molar-refractivity contribution in [1.29, 1.82) is 0 Å². The van der Waals surface area contributed by atoms with E-state index in [-0.39, 0.29) is 17.9 Å². The Bertz CT molecular complexity index is 1020. The van der Waals surface area contributed by atoms with E-state index in [1.165, 1.54) is 0 Å². The molecule has 2 amide bonds. The second kappa shape index (κ2) is 10.0. The van der Waals surface area contributed by atoms with Crippen LogP contribution in [0.15, 0.2) is 54.0 Å². The standard InChI is InChI=1S/C23H25N3O3S/c1-4-29-20-9-8-17(21(27)26-15(2)3)13-19(20)22(28)25-14-16-6-5-7-18(12-16)23-24-10-11-30-23/h5-13,15H,4,14H2,1-3H3,(H,25,28)(H,26,27). The van der Waals surface area contributed by atoms with Gasteiger partial charge in [-0.15, -0.1) is 11.3 Å². The van der Waals surface area contributed by atoms with Crippen LogP contribution in [0.1, 0.15) is 47.1 Å². The molecule has 0 fully saturated rings. The predicted octanol–water partition coefficient (Wildman–Crippen LogP) is 4.28. The van der Waals surface area contributed by atoms with Crippen molar-refractivity contribution in [3.8, 4) is 16.3 Å². The summed E-state index contributed by atoms with van der Waals surface area (Å²) < 4.78 is 5.59. The summed E-state index contributed by atoms with van der Waals surface area (Å²) in [5.74, 6) is -0.0665. The van der Waals surface area contributed by atoms with Gasteiger partial charge in [0.05, 0.1) is 12.2 Å². The first-order chi connectivity index (χ1) is 14.5. The van der Waals surface area contributed by atoms with Gasteiger partial charge in [-0.3, -0.25) is 9.59 Å². The Balaban J connectivity index is 1.77. The Kier molecular flexibility index (Phi) is 7.19. The minimum absolute atomic E-state index is 0.00598. The summed E-state index contributed by atoms with van der Waals surface area (Å²) in [6, 6.07) is 12.8. The number of rotatable bonds is 8. The Hall–Kier alpha value is -3.19. The van der Waals surface area contributed by atoms with Gasteiger partial charge in [-0.1, -0.05) is 18.2 Å². The number of aromatic nitrogens is 1. The Morgan fingerprint density at radius 1 is 1.13 bits per heavy atom. The molecule has 7 heteroatoms. The number of ether oxygens (including phenoxy) is 1. The number of carbonyl (C=O) groups excluding carboxylic acids is 2. The molecule has 3 rings (SSSR count). The summed E-state index contributed by atoms with van der Waals surface area (Å²) in [4.78, 5) is 29.6. The maximum absolute atomic E-state index is 12.9. The van der Waals surface area contributed by atoms with Crippen LogP contribution in [0.3, 0.4) is 0 Å². The zero-order chi connectivity index (χ0) is 21.5. The number of carbonyl (C=O) groups is 2. The second-order valence-electron chi connectivity index (χ2n) is 6.99. The van der Waals surface area contributed by atoms with Crippen LogP contribution < -0.4 is 15.4 Å². The van der Waals surface area contributed by atoms with Gasteiger partial charge in [0.25, 0.3) is 11.8 Å². The number of hydrogen-bond donors (Lipinski definition) is 2. The summed E-state index contributed by atoms with van der Waals surface area (Å²) in [5, 5.41) is 8.63. The number of amides is 2. The van der Waals surface area contributed by atoms with Crippen LogP contribution in [-0.2, 0) is 6.54 Å². The van der Waals surface area contributed by atoms with Crippen molar-refractivity contribution in [3.05, 3.63) is 70.7 Å². The van der Waals surface area contributed by atoms with E-state index in [1.807, 2.05) is 50.4 Å². The molecule has 0 unspecified atom stereocenters. The van der Waals surface area contributed by atoms with Crippen LogP contribution >= 0.6 is 11.3 Å². The lowest BCUT2D eigenvalue weighted by molar-refractivity contribution is 0.0943. The number of hydrogen-bond acceptors (Lipinski definition) is 5. The largest absolute Gasteiger partial charge is 0.493 e. The lowest BCUT2D eigenvalue weighted by atomic mass is 10.1. The van der Waals surface area contributed by atoms with E-state index >= 15 is 0 Å². The summed E-state index contributed by atoms with van der Waals surface area (Å²) >= 11 is 1.57. The SMILES string of the molecule is CCOc1ccc(C(=O)NC(C)C)cc1C(=O)NCc1cccc(-c2nccs2)c1. The van der Waals surface area contributed by atoms with E-state index in [9.17, 15) is 9.59 Å². The van der Waals surface area contributed by atoms with Gasteiger partial charge < -0.3 is 15.4 Å². The molecule has 0 saturated heterocycles. The van der Waals surface area contributed by atoms with Crippen molar-refractivity contribution in [2.24, 2.45) is 0 Å². The minimum Gasteiger partial charge on any atom is -0.493 e. The molecule has 2 aromatic carbocycles. The monoisotopic (exact) mass is 423 g/mol. The fraction of sp³-hybridized carbons (Fsp3) is 0.261. The van der Waals surface area contributed by atoms with E-state index in [1.54, 1.807) is 35.7 Å². The molecule has 0 spiro atoms. The highest BCUT2D eigenvalue weighted by Crippen LogP contribution is 2.23. The van der Waals surface area contributed by atoms with Gasteiger partial charge in [0.2, 0.25) is 0 Å². The van der Waals surface area contributed by atoms with Crippen LogP contribution in [0, 0.1) is 0 Å². The lowest BCUT2D eigenvalue weighted by Crippen LogP contribution is -2.30. The molecular weight excluding hydrogens is 398 g/mol. The van der Waals surface area contributed by atoms with Gasteiger partial charge in [0.15, 0.2) is 0 Å². The summed E-state index contributed by atoms with van der Waals surface area (Å²) in [5.41, 5.74) is 2.73. The average molecular weight is 424 g/mol. The molecule has 0 aliphatic carbocycles. The maximum Gasteiger partial charge on any atom is 0.255 e. The van der Waals surface area contributed by atoms with Crippen LogP contribution in [0.4, 0.5) is 0 Å². The molecule has 0 aliphatic rings. The molecule has 156 valence electrons. The van der Waals surface area contributed by atoms with Crippen LogP contribution in [0.2, 0.25) is 0 Å². The summed E-state index contributed by atoms with van der Waals surface area (Å²) in [7, 11) is 0. The summed E-state index contributed by atoms with van der Waals surface area (Å²) in [6.45, 7) is 6.41. The number of nitrogens with zero attached hydrogens (tertiary/aromatic N) is 1. The van der Waals surface area contributed by atoms with Gasteiger partial charge in [0.1, 0.15) is 10.8 Å². The van der Waals surface area contributed by atoms with Crippen LogP contribution in [0.5, 0.6) is 5.75 Å². The highest BCUT2D eigenvalue weighted by atomic mass is 32.1. The van der Waals surface area contributed by atoms with Crippen molar-refractivity contribution < 1.29 is 14.3 Å². The molecule has 0 aliphatic heterocycles. The zero-order valence-corrected chi connectivity index (χ0v) is 18.1. The smallest absolute Gasteiger partial charge is 0.255 e. The first kappa shape index (κ1) is 21.5. The van der Waals surface area contributed by atoms with Gasteiger partial charge in [-0.05, 0) is 50.6 Å². The third kappa shape index (κ3) is 5.45. The van der Waals surface area contributed by atoms with Crippen molar-refractivity contribution in [1.82, 2.24) is 15.6 Å². The van der Waals surface area contributed by atoms with Crippen LogP contribution in [0.25, 0.3) is 10.6 Å². The molecule has 0 bridgehead atoms. The molecule has 1 heterocycles. The summed E-state index contributed by atoms with van der Waals surface area (Å²) in [6.07, 6.45) is 1.77. The third-order valence-corrected chi connectivity index (χ3v) is 5.09. The molecular formula is C23H25N3O3S. The number of nitrogens with one attached hydrogen (secondary N) is 2. The van der Waals surface area contributed by atoms with Crippen molar-refractivity contribution in [2.45, 2.75) is 33.4 Å². The first-order valence-corrected chi connectivity index (χ1v) is 10.7. The quantitative estimate of drug-likeness (QED) is 0.567. The molecule has 2 N–H and O–H groups in total. The topological polar surface area (TPSA) is 80.3 Å². The van der Waals surface area contributed by atoms with E-state index in [2.05, 4.69) is 15.6 Å². The van der Waals surface area contributed by atoms with Gasteiger partial charge in [0, 0.05) is 35.3 Å². The maximum atomic E-state index is 12.9. The third-order valence-electron chi connectivity index (χ3n) is 4.27. The van der Waals surface area contributed by atoms with E-state index in [0.29, 0.717) is 30.0 Å². The van der Waals surface area contributed by atoms with E-state index < -0.39 is 0 Å². The van der Waals surface area contributed by atoms with Crippen LogP contribution in [-0.4, -0.2) is 29.4 Å². The molecule has 0 saturated carbocycles. The van der Waals surface area contributed by atoms with Crippen molar-refractivity contribution >= 4 is 23.2 Å². The van der Waals surface area contributed by atoms with Gasteiger partial charge in [-0.2, -0.15) is 0 Å². The minimum atomic E-state index is -0.294. The van der Waals surface area contributed by atoms with E-state index in [4.69, 9.17) is 4.74 Å². The van der Waals surface area contributed by atoms with Gasteiger partial charge in [-0.25, -0.2) is 4.98 Å². The molecule has 0 atom stereocenters. The van der Waals surface area contributed by atoms with Crippen molar-refractivity contribution in [2.75, 3.05) is 6.61 Å². The average Bonchev–Trinajstić information content (AvgIpc) is 3.27. The second-order valence-corrected chi connectivity index (χ2v) is 7.89. The highest BCUT2D eigenvalue weighted by Gasteiger charge is 2.17. The molecule has 30 heavy (non-hydrogen) atoms. The fourth-order valence-electron chi connectivity index (χ4n) is 2.93. The Morgan fingerprint density at radius 2 is 1.97 bits per heavy atom. The number of thiazole rings is 1. The Labute approximate surface area is 180 Å². The number of benzene rings is 2. The fourth-order valence-corrected chi connectivity index (χ4v) is 3.57. The molecule has 1 aromatic heterocycles. The van der Waals surface area contributed by atoms with Crippen molar-refractivity contribution in [3.63, 3.8) is 0 Å². The Morgan fingerprint density at radius 3 is 2.67 bits per heavy atom. The lowest BCUT2D eigenvalue weighted by Gasteiger charge is -2.14. The van der Waals surface area contributed by atoms with Gasteiger partial charge >= 0.3 is 0 Å².